The first-order valence-corrected chi connectivity index (χ1v) is 9.61. The minimum Gasteiger partial charge on any atom is -0.314 e. The van der Waals surface area contributed by atoms with Gasteiger partial charge in [-0.25, -0.2) is 8.42 Å². The quantitative estimate of drug-likeness (QED) is 0.875. The van der Waals surface area contributed by atoms with Crippen LogP contribution in [0, 0.1) is 5.92 Å². The average Bonchev–Trinajstić information content (AvgIpc) is 2.78. The second kappa shape index (κ2) is 6.86. The fraction of sp³-hybridized carbons (Fsp3) is 0.600. The number of halogens is 2. The molecule has 1 aromatic carbocycles. The van der Waals surface area contributed by atoms with Crippen molar-refractivity contribution in [3.8, 4) is 0 Å². The van der Waals surface area contributed by atoms with Crippen molar-refractivity contribution < 1.29 is 8.42 Å². The van der Waals surface area contributed by atoms with Crippen molar-refractivity contribution in [2.75, 3.05) is 6.54 Å². The third kappa shape index (κ3) is 3.39. The van der Waals surface area contributed by atoms with Gasteiger partial charge >= 0.3 is 0 Å². The van der Waals surface area contributed by atoms with Gasteiger partial charge in [0.2, 0.25) is 0 Å². The smallest absolute Gasteiger partial charge is 0.184 e. The van der Waals surface area contributed by atoms with Gasteiger partial charge in [0.25, 0.3) is 0 Å². The molecule has 1 fully saturated rings. The van der Waals surface area contributed by atoms with E-state index in [0.29, 0.717) is 6.42 Å². The zero-order valence-electron chi connectivity index (χ0n) is 12.3. The summed E-state index contributed by atoms with van der Waals surface area (Å²) in [6.07, 6.45) is 2.55. The highest BCUT2D eigenvalue weighted by molar-refractivity contribution is 7.92. The van der Waals surface area contributed by atoms with Crippen molar-refractivity contribution in [1.29, 1.82) is 0 Å². The van der Waals surface area contributed by atoms with E-state index in [2.05, 4.69) is 12.2 Å². The Bertz CT molecular complexity index is 583. The molecule has 3 nitrogen and oxygen atoms in total. The number of sulfone groups is 1. The van der Waals surface area contributed by atoms with Gasteiger partial charge in [-0.15, -0.1) is 0 Å². The SMILES string of the molecule is CCCNC1CCC(S(=O)(=O)c2c(Cl)cccc2Cl)C1C. The van der Waals surface area contributed by atoms with E-state index >= 15 is 0 Å². The van der Waals surface area contributed by atoms with Crippen molar-refractivity contribution in [3.05, 3.63) is 28.2 Å². The normalized spacial score (nSPS) is 26.2. The molecule has 3 atom stereocenters. The van der Waals surface area contributed by atoms with E-state index in [4.69, 9.17) is 23.2 Å². The first-order chi connectivity index (χ1) is 9.89. The van der Waals surface area contributed by atoms with Crippen LogP contribution in [-0.4, -0.2) is 26.3 Å². The molecule has 118 valence electrons. The maximum Gasteiger partial charge on any atom is 0.184 e. The molecular formula is C15H21Cl2NO2S. The van der Waals surface area contributed by atoms with Crippen LogP contribution in [0.25, 0.3) is 0 Å². The van der Waals surface area contributed by atoms with Crippen molar-refractivity contribution in [1.82, 2.24) is 5.32 Å². The van der Waals surface area contributed by atoms with Gasteiger partial charge in [0.15, 0.2) is 9.84 Å². The van der Waals surface area contributed by atoms with Gasteiger partial charge in [0.05, 0.1) is 15.3 Å². The van der Waals surface area contributed by atoms with Crippen LogP contribution in [0.15, 0.2) is 23.1 Å². The lowest BCUT2D eigenvalue weighted by Gasteiger charge is -2.22. The summed E-state index contributed by atoms with van der Waals surface area (Å²) >= 11 is 12.2. The maximum atomic E-state index is 12.9. The first-order valence-electron chi connectivity index (χ1n) is 7.30. The molecule has 21 heavy (non-hydrogen) atoms. The standard InChI is InChI=1S/C15H21Cl2NO2S/c1-3-9-18-13-7-8-14(10(13)2)21(19,20)15-11(16)5-4-6-12(15)17/h4-6,10,13-14,18H,3,7-9H2,1-2H3. The van der Waals surface area contributed by atoms with E-state index in [1.807, 2.05) is 6.92 Å². The maximum absolute atomic E-state index is 12.9. The van der Waals surface area contributed by atoms with Gasteiger partial charge in [-0.3, -0.25) is 0 Å². The highest BCUT2D eigenvalue weighted by atomic mass is 35.5. The molecule has 3 unspecified atom stereocenters. The molecule has 0 saturated heterocycles. The Morgan fingerprint density at radius 2 is 1.86 bits per heavy atom. The van der Waals surface area contributed by atoms with Crippen LogP contribution >= 0.6 is 23.2 Å². The number of benzene rings is 1. The molecule has 1 N–H and O–H groups in total. The molecular weight excluding hydrogens is 329 g/mol. The molecule has 6 heteroatoms. The third-order valence-electron chi connectivity index (χ3n) is 4.24. The molecule has 0 aromatic heterocycles. The first kappa shape index (κ1) is 17.1. The summed E-state index contributed by atoms with van der Waals surface area (Å²) in [6, 6.07) is 5.05. The van der Waals surface area contributed by atoms with Gasteiger partial charge < -0.3 is 5.32 Å². The Balaban J connectivity index is 2.29. The van der Waals surface area contributed by atoms with Crippen LogP contribution in [0.4, 0.5) is 0 Å². The van der Waals surface area contributed by atoms with Crippen molar-refractivity contribution in [3.63, 3.8) is 0 Å². The Morgan fingerprint density at radius 1 is 1.24 bits per heavy atom. The van der Waals surface area contributed by atoms with Gasteiger partial charge in [-0.1, -0.05) is 43.1 Å². The second-order valence-corrected chi connectivity index (χ2v) is 8.55. The molecule has 0 heterocycles. The lowest BCUT2D eigenvalue weighted by Crippen LogP contribution is -2.36. The molecule has 0 aliphatic heterocycles. The summed E-state index contributed by atoms with van der Waals surface area (Å²) in [6.45, 7) is 5.01. The van der Waals surface area contributed by atoms with E-state index in [1.165, 1.54) is 0 Å². The second-order valence-electron chi connectivity index (χ2n) is 5.63. The Kier molecular flexibility index (Phi) is 5.58. The Labute approximate surface area is 136 Å². The molecule has 0 amide bonds. The van der Waals surface area contributed by atoms with E-state index in [1.54, 1.807) is 18.2 Å². The van der Waals surface area contributed by atoms with E-state index in [-0.39, 0.29) is 26.9 Å². The van der Waals surface area contributed by atoms with E-state index in [0.717, 1.165) is 19.4 Å². The summed E-state index contributed by atoms with van der Waals surface area (Å²) in [5, 5.41) is 3.42. The summed E-state index contributed by atoms with van der Waals surface area (Å²) < 4.78 is 25.8. The Morgan fingerprint density at radius 3 is 2.43 bits per heavy atom. The fourth-order valence-electron chi connectivity index (χ4n) is 3.09. The van der Waals surface area contributed by atoms with E-state index in [9.17, 15) is 8.42 Å². The van der Waals surface area contributed by atoms with Gasteiger partial charge in [-0.2, -0.15) is 0 Å². The zero-order chi connectivity index (χ0) is 15.6. The lowest BCUT2D eigenvalue weighted by molar-refractivity contribution is 0.425. The summed E-state index contributed by atoms with van der Waals surface area (Å²) in [5.74, 6) is 0.0499. The topological polar surface area (TPSA) is 46.2 Å². The van der Waals surface area contributed by atoms with Crippen LogP contribution in [-0.2, 0) is 9.84 Å². The van der Waals surface area contributed by atoms with Crippen LogP contribution in [0.2, 0.25) is 10.0 Å². The van der Waals surface area contributed by atoms with Gasteiger partial charge in [0.1, 0.15) is 4.90 Å². The molecule has 0 radical (unpaired) electrons. The molecule has 0 spiro atoms. The average molecular weight is 350 g/mol. The molecule has 1 aliphatic rings. The van der Waals surface area contributed by atoms with Crippen LogP contribution in [0.3, 0.4) is 0 Å². The van der Waals surface area contributed by atoms with Gasteiger partial charge in [0, 0.05) is 6.04 Å². The number of rotatable bonds is 5. The summed E-state index contributed by atoms with van der Waals surface area (Å²) in [4.78, 5) is 0.0846. The fourth-order valence-corrected chi connectivity index (χ4v) is 6.32. The lowest BCUT2D eigenvalue weighted by atomic mass is 10.1. The Hall–Kier alpha value is -0.290. The molecule has 2 rings (SSSR count). The number of nitrogens with one attached hydrogen (secondary N) is 1. The molecule has 0 bridgehead atoms. The van der Waals surface area contributed by atoms with Gasteiger partial charge in [-0.05, 0) is 43.9 Å². The number of hydrogen-bond donors (Lipinski definition) is 1. The van der Waals surface area contributed by atoms with Crippen LogP contribution < -0.4 is 5.32 Å². The largest absolute Gasteiger partial charge is 0.314 e. The summed E-state index contributed by atoms with van der Waals surface area (Å²) in [5.41, 5.74) is 0. The van der Waals surface area contributed by atoms with Crippen molar-refractivity contribution >= 4 is 33.0 Å². The highest BCUT2D eigenvalue weighted by Crippen LogP contribution is 2.39. The summed E-state index contributed by atoms with van der Waals surface area (Å²) in [7, 11) is -3.51. The predicted molar refractivity (Wildman–Crippen MR) is 87.9 cm³/mol. The van der Waals surface area contributed by atoms with Crippen molar-refractivity contribution in [2.24, 2.45) is 5.92 Å². The predicted octanol–water partition coefficient (Wildman–Crippen LogP) is 3.93. The third-order valence-corrected chi connectivity index (χ3v) is 7.57. The number of hydrogen-bond acceptors (Lipinski definition) is 3. The van der Waals surface area contributed by atoms with E-state index < -0.39 is 15.1 Å². The monoisotopic (exact) mass is 349 g/mol. The van der Waals surface area contributed by atoms with Crippen molar-refractivity contribution in [2.45, 2.75) is 49.3 Å². The van der Waals surface area contributed by atoms with Crippen LogP contribution in [0.5, 0.6) is 0 Å². The molecule has 1 aliphatic carbocycles. The zero-order valence-corrected chi connectivity index (χ0v) is 14.6. The minimum atomic E-state index is -3.51. The molecule has 1 saturated carbocycles. The van der Waals surface area contributed by atoms with Crippen LogP contribution in [0.1, 0.15) is 33.1 Å². The highest BCUT2D eigenvalue weighted by Gasteiger charge is 2.42. The molecule has 1 aromatic rings. The minimum absolute atomic E-state index is 0.0499.